The van der Waals surface area contributed by atoms with Crippen molar-refractivity contribution in [2.24, 2.45) is 0 Å². The molecule has 4 aromatic carbocycles. The quantitative estimate of drug-likeness (QED) is 0.245. The smallest absolute Gasteiger partial charge is 0.0719 e. The number of aromatic nitrogens is 4. The number of benzene rings is 4. The first-order valence-corrected chi connectivity index (χ1v) is 13.0. The van der Waals surface area contributed by atoms with Crippen molar-refractivity contribution in [3.05, 3.63) is 134 Å². The molecule has 0 fully saturated rings. The fraction of sp³-hybridized carbons (Fsp3) is 0. The molecule has 4 nitrogen and oxygen atoms in total. The van der Waals surface area contributed by atoms with Crippen LogP contribution in [0.5, 0.6) is 0 Å². The first-order chi connectivity index (χ1) is 19.3. The highest BCUT2D eigenvalue weighted by atomic mass is 15.0. The first kappa shape index (κ1) is 21.7. The van der Waals surface area contributed by atoms with Crippen molar-refractivity contribution >= 4 is 43.4 Å². The van der Waals surface area contributed by atoms with Crippen molar-refractivity contribution < 1.29 is 0 Å². The van der Waals surface area contributed by atoms with Crippen LogP contribution in [0.1, 0.15) is 0 Å². The molecule has 0 aliphatic rings. The van der Waals surface area contributed by atoms with Gasteiger partial charge in [-0.15, -0.1) is 0 Å². The van der Waals surface area contributed by atoms with E-state index >= 15 is 0 Å². The van der Waals surface area contributed by atoms with Crippen molar-refractivity contribution in [3.63, 3.8) is 0 Å². The Hall–Kier alpha value is -5.35. The predicted octanol–water partition coefficient (Wildman–Crippen LogP) is 8.61. The number of rotatable bonds is 3. The Bertz CT molecular complexity index is 2160. The van der Waals surface area contributed by atoms with Crippen LogP contribution in [0.4, 0.5) is 0 Å². The zero-order valence-corrected chi connectivity index (χ0v) is 21.0. The third kappa shape index (κ3) is 3.50. The molecular weight excluding hydrogens is 476 g/mol. The molecule has 0 saturated carbocycles. The van der Waals surface area contributed by atoms with E-state index in [4.69, 9.17) is 9.97 Å². The van der Waals surface area contributed by atoms with Gasteiger partial charge in [0.1, 0.15) is 0 Å². The normalized spacial score (nSPS) is 11.6. The van der Waals surface area contributed by atoms with E-state index in [-0.39, 0.29) is 0 Å². The summed E-state index contributed by atoms with van der Waals surface area (Å²) >= 11 is 0. The molecule has 0 aliphatic carbocycles. The molecule has 182 valence electrons. The maximum atomic E-state index is 4.81. The van der Waals surface area contributed by atoms with Crippen molar-refractivity contribution in [2.75, 3.05) is 0 Å². The molecule has 4 heterocycles. The molecule has 4 aromatic heterocycles. The molecule has 4 heteroatoms. The number of hydrogen-bond acceptors (Lipinski definition) is 3. The monoisotopic (exact) mass is 498 g/mol. The lowest BCUT2D eigenvalue weighted by Gasteiger charge is -2.09. The van der Waals surface area contributed by atoms with Gasteiger partial charge in [-0.05, 0) is 64.7 Å². The highest BCUT2D eigenvalue weighted by molar-refractivity contribution is 6.21. The second kappa shape index (κ2) is 8.61. The molecule has 8 rings (SSSR count). The van der Waals surface area contributed by atoms with E-state index in [9.17, 15) is 0 Å². The van der Waals surface area contributed by atoms with Crippen LogP contribution in [-0.4, -0.2) is 19.5 Å². The zero-order valence-electron chi connectivity index (χ0n) is 21.0. The van der Waals surface area contributed by atoms with Gasteiger partial charge in [0.15, 0.2) is 0 Å². The van der Waals surface area contributed by atoms with Gasteiger partial charge in [0, 0.05) is 45.9 Å². The minimum atomic E-state index is 0.905. The fourth-order valence-corrected chi connectivity index (χ4v) is 5.67. The van der Waals surface area contributed by atoms with E-state index < -0.39 is 0 Å². The van der Waals surface area contributed by atoms with Crippen molar-refractivity contribution in [2.45, 2.75) is 0 Å². The van der Waals surface area contributed by atoms with Gasteiger partial charge in [0.2, 0.25) is 0 Å². The summed E-state index contributed by atoms with van der Waals surface area (Å²) in [5.74, 6) is 0. The van der Waals surface area contributed by atoms with Crippen LogP contribution >= 0.6 is 0 Å². The van der Waals surface area contributed by atoms with Crippen molar-refractivity contribution in [3.8, 4) is 28.2 Å². The molecule has 0 unspecified atom stereocenters. The second-order valence-electron chi connectivity index (χ2n) is 9.81. The molecule has 8 aromatic rings. The Morgan fingerprint density at radius 2 is 1.31 bits per heavy atom. The minimum Gasteiger partial charge on any atom is -0.308 e. The second-order valence-corrected chi connectivity index (χ2v) is 9.81. The van der Waals surface area contributed by atoms with Crippen LogP contribution in [0.25, 0.3) is 71.6 Å². The maximum Gasteiger partial charge on any atom is 0.0719 e. The molecule has 0 N–H and O–H groups in total. The number of nitrogens with zero attached hydrogens (tertiary/aromatic N) is 4. The van der Waals surface area contributed by atoms with E-state index in [1.165, 1.54) is 26.9 Å². The van der Waals surface area contributed by atoms with Crippen LogP contribution in [0.3, 0.4) is 0 Å². The Morgan fingerprint density at radius 3 is 2.15 bits per heavy atom. The Labute approximate surface area is 224 Å². The zero-order chi connectivity index (χ0) is 25.8. The third-order valence-corrected chi connectivity index (χ3v) is 7.54. The van der Waals surface area contributed by atoms with Gasteiger partial charge < -0.3 is 4.57 Å². The van der Waals surface area contributed by atoms with Crippen molar-refractivity contribution in [1.29, 1.82) is 0 Å². The molecule has 0 bridgehead atoms. The van der Waals surface area contributed by atoms with Crippen LogP contribution in [0, 0.1) is 0 Å². The predicted molar refractivity (Wildman–Crippen MR) is 160 cm³/mol. The van der Waals surface area contributed by atoms with E-state index in [0.717, 1.165) is 44.6 Å². The average molecular weight is 499 g/mol. The molecule has 0 saturated heterocycles. The summed E-state index contributed by atoms with van der Waals surface area (Å²) in [6.07, 6.45) is 7.54. The van der Waals surface area contributed by atoms with Gasteiger partial charge >= 0.3 is 0 Å². The molecule has 0 aliphatic heterocycles. The van der Waals surface area contributed by atoms with Crippen LogP contribution in [-0.2, 0) is 0 Å². The lowest BCUT2D eigenvalue weighted by molar-refractivity contribution is 1.14. The van der Waals surface area contributed by atoms with Gasteiger partial charge in [-0.2, -0.15) is 0 Å². The van der Waals surface area contributed by atoms with Gasteiger partial charge in [-0.3, -0.25) is 15.0 Å². The summed E-state index contributed by atoms with van der Waals surface area (Å²) in [4.78, 5) is 13.9. The number of hydrogen-bond donors (Lipinski definition) is 0. The van der Waals surface area contributed by atoms with Gasteiger partial charge in [-0.25, -0.2) is 0 Å². The summed E-state index contributed by atoms with van der Waals surface area (Å²) in [5, 5.41) is 7.24. The van der Waals surface area contributed by atoms with E-state index in [0.29, 0.717) is 0 Å². The third-order valence-electron chi connectivity index (χ3n) is 7.54. The summed E-state index contributed by atoms with van der Waals surface area (Å²) in [5.41, 5.74) is 7.30. The molecule has 0 atom stereocenters. The molecule has 39 heavy (non-hydrogen) atoms. The highest BCUT2D eigenvalue weighted by Gasteiger charge is 2.16. The lowest BCUT2D eigenvalue weighted by atomic mass is 10.0. The van der Waals surface area contributed by atoms with Crippen molar-refractivity contribution in [1.82, 2.24) is 19.5 Å². The average Bonchev–Trinajstić information content (AvgIpc) is 3.35. The van der Waals surface area contributed by atoms with Gasteiger partial charge in [0.25, 0.3) is 0 Å². The SMILES string of the molecule is c1cncc(-c2ccc(-n3c4ccc(-c5cc6ccccc6cn5)cc4c4c5ccccc5ccc43)cn2)c1. The Kier molecular flexibility index (Phi) is 4.79. The molecule has 0 radical (unpaired) electrons. The van der Waals surface area contributed by atoms with E-state index in [1.807, 2.05) is 36.8 Å². The maximum absolute atomic E-state index is 4.81. The standard InChI is InChI=1S/C35H22N4/c1-2-8-26-21-37-32(19-24(26)7-1)25-12-15-33-30(18-25)35-29-10-4-3-6-23(29)11-16-34(35)39(33)28-13-14-31(38-22-28)27-9-5-17-36-20-27/h1-22H. The Morgan fingerprint density at radius 1 is 0.487 bits per heavy atom. The summed E-state index contributed by atoms with van der Waals surface area (Å²) in [6.45, 7) is 0. The van der Waals surface area contributed by atoms with Gasteiger partial charge in [0.05, 0.1) is 34.3 Å². The van der Waals surface area contributed by atoms with Crippen LogP contribution in [0.15, 0.2) is 134 Å². The van der Waals surface area contributed by atoms with E-state index in [1.54, 1.807) is 6.20 Å². The topological polar surface area (TPSA) is 43.6 Å². The van der Waals surface area contributed by atoms with E-state index in [2.05, 4.69) is 101 Å². The summed E-state index contributed by atoms with van der Waals surface area (Å²) in [7, 11) is 0. The van der Waals surface area contributed by atoms with Crippen LogP contribution in [0.2, 0.25) is 0 Å². The fourth-order valence-electron chi connectivity index (χ4n) is 5.67. The largest absolute Gasteiger partial charge is 0.308 e. The van der Waals surface area contributed by atoms with Gasteiger partial charge in [-0.1, -0.05) is 60.7 Å². The molecule has 0 amide bonds. The summed E-state index contributed by atoms with van der Waals surface area (Å²) in [6, 6.07) is 38.4. The molecule has 0 spiro atoms. The first-order valence-electron chi connectivity index (χ1n) is 13.0. The summed E-state index contributed by atoms with van der Waals surface area (Å²) < 4.78 is 2.31. The molecular formula is C35H22N4. The Balaban J connectivity index is 1.38. The lowest BCUT2D eigenvalue weighted by Crippen LogP contribution is -1.95. The minimum absolute atomic E-state index is 0.905. The number of fused-ring (bicyclic) bond motifs is 6. The van der Waals surface area contributed by atoms with Crippen LogP contribution < -0.4 is 0 Å². The highest BCUT2D eigenvalue weighted by Crippen LogP contribution is 2.38. The number of pyridine rings is 3.